The highest BCUT2D eigenvalue weighted by molar-refractivity contribution is 5.90. The lowest BCUT2D eigenvalue weighted by atomic mass is 10.2. The zero-order chi connectivity index (χ0) is 24.5. The molecule has 10 heteroatoms. The van der Waals surface area contributed by atoms with Crippen LogP contribution in [0.2, 0.25) is 0 Å². The van der Waals surface area contributed by atoms with Crippen molar-refractivity contribution in [3.8, 4) is 17.9 Å². The van der Waals surface area contributed by atoms with Gasteiger partial charge < -0.3 is 19.2 Å². The number of aryl methyl sites for hydroxylation is 1. The van der Waals surface area contributed by atoms with Crippen molar-refractivity contribution in [2.45, 2.75) is 26.4 Å². The minimum atomic E-state index is -0.487. The van der Waals surface area contributed by atoms with Gasteiger partial charge in [-0.05, 0) is 32.0 Å². The molecule has 4 aromatic heterocycles. The maximum atomic E-state index is 13.8. The van der Waals surface area contributed by atoms with E-state index in [0.29, 0.717) is 34.7 Å². The summed E-state index contributed by atoms with van der Waals surface area (Å²) in [6.45, 7) is 5.09. The predicted octanol–water partition coefficient (Wildman–Crippen LogP) is 0.892. The van der Waals surface area contributed by atoms with Gasteiger partial charge in [0.2, 0.25) is 0 Å². The maximum Gasteiger partial charge on any atom is 0.331 e. The van der Waals surface area contributed by atoms with E-state index in [4.69, 9.17) is 0 Å². The lowest BCUT2D eigenvalue weighted by Gasteiger charge is -2.24. The van der Waals surface area contributed by atoms with Gasteiger partial charge in [0.05, 0.1) is 24.3 Å². The summed E-state index contributed by atoms with van der Waals surface area (Å²) in [5.74, 6) is 6.58. The summed E-state index contributed by atoms with van der Waals surface area (Å²) in [5.41, 5.74) is 1.38. The molecule has 1 aliphatic heterocycles. The number of nitriles is 1. The SMILES string of the molecule is CC#CCn1c(N2CCCNCC2)c(C#N)c2c1c(=O)n(Cc1cn3ccccc3n1)c(=O)n2C. The average Bonchev–Trinajstić information content (AvgIpc) is 3.31. The third-order valence-electron chi connectivity index (χ3n) is 6.41. The number of aromatic nitrogens is 5. The molecule has 1 saturated heterocycles. The van der Waals surface area contributed by atoms with Crippen molar-refractivity contribution in [1.82, 2.24) is 28.4 Å². The van der Waals surface area contributed by atoms with Crippen molar-refractivity contribution in [3.05, 3.63) is 62.7 Å². The summed E-state index contributed by atoms with van der Waals surface area (Å²) in [6, 6.07) is 7.92. The van der Waals surface area contributed by atoms with E-state index in [1.807, 2.05) is 35.0 Å². The molecule has 1 N–H and O–H groups in total. The molecule has 0 unspecified atom stereocenters. The van der Waals surface area contributed by atoms with E-state index in [1.54, 1.807) is 18.5 Å². The Morgan fingerprint density at radius 1 is 1.14 bits per heavy atom. The molecule has 178 valence electrons. The number of nitrogens with zero attached hydrogens (tertiary/aromatic N) is 7. The number of anilines is 1. The Kier molecular flexibility index (Phi) is 5.89. The Morgan fingerprint density at radius 2 is 2.00 bits per heavy atom. The summed E-state index contributed by atoms with van der Waals surface area (Å²) < 4.78 is 6.25. The van der Waals surface area contributed by atoms with Crippen LogP contribution in [0.3, 0.4) is 0 Å². The fourth-order valence-electron chi connectivity index (χ4n) is 4.79. The number of rotatable bonds is 4. The Hall–Kier alpha value is -4.28. The van der Waals surface area contributed by atoms with Crippen LogP contribution in [0.5, 0.6) is 0 Å². The molecule has 0 radical (unpaired) electrons. The van der Waals surface area contributed by atoms with Gasteiger partial charge in [-0.25, -0.2) is 9.78 Å². The van der Waals surface area contributed by atoms with Crippen molar-refractivity contribution in [2.75, 3.05) is 31.1 Å². The second kappa shape index (κ2) is 9.16. The number of pyridine rings is 1. The summed E-state index contributed by atoms with van der Waals surface area (Å²) in [4.78, 5) is 33.9. The van der Waals surface area contributed by atoms with Crippen molar-refractivity contribution >= 4 is 22.5 Å². The van der Waals surface area contributed by atoms with Crippen LogP contribution < -0.4 is 21.5 Å². The minimum Gasteiger partial charge on any atom is -0.355 e. The molecule has 1 fully saturated rings. The number of hydrogen-bond donors (Lipinski definition) is 1. The van der Waals surface area contributed by atoms with Crippen LogP contribution >= 0.6 is 0 Å². The predicted molar refractivity (Wildman–Crippen MR) is 134 cm³/mol. The normalized spacial score (nSPS) is 14.0. The Balaban J connectivity index is 1.76. The summed E-state index contributed by atoms with van der Waals surface area (Å²) in [5, 5.41) is 13.5. The molecule has 5 heterocycles. The van der Waals surface area contributed by atoms with E-state index in [9.17, 15) is 14.9 Å². The zero-order valence-corrected chi connectivity index (χ0v) is 19.8. The van der Waals surface area contributed by atoms with E-state index in [1.165, 1.54) is 9.13 Å². The minimum absolute atomic E-state index is 0.0264. The van der Waals surface area contributed by atoms with Gasteiger partial charge in [0.1, 0.15) is 28.6 Å². The fourth-order valence-corrected chi connectivity index (χ4v) is 4.79. The molecular formula is C25H26N8O2. The molecule has 0 aromatic carbocycles. The quantitative estimate of drug-likeness (QED) is 0.444. The first-order valence-electron chi connectivity index (χ1n) is 11.6. The second-order valence-corrected chi connectivity index (χ2v) is 8.54. The van der Waals surface area contributed by atoms with Crippen molar-refractivity contribution in [3.63, 3.8) is 0 Å². The monoisotopic (exact) mass is 470 g/mol. The van der Waals surface area contributed by atoms with Crippen LogP contribution in [-0.2, 0) is 20.1 Å². The summed E-state index contributed by atoms with van der Waals surface area (Å²) in [6.07, 6.45) is 4.58. The van der Waals surface area contributed by atoms with Gasteiger partial charge in [0.25, 0.3) is 5.56 Å². The van der Waals surface area contributed by atoms with Crippen LogP contribution in [0, 0.1) is 23.2 Å². The second-order valence-electron chi connectivity index (χ2n) is 8.54. The maximum absolute atomic E-state index is 13.8. The van der Waals surface area contributed by atoms with Crippen molar-refractivity contribution in [1.29, 1.82) is 5.26 Å². The van der Waals surface area contributed by atoms with E-state index >= 15 is 0 Å². The standard InChI is InChI=1S/C25H26N8O2/c1-3-4-13-32-22-21(19(15-26)23(32)30-12-7-9-27-10-14-30)29(2)25(35)33(24(22)34)17-18-16-31-11-6-5-8-20(31)28-18/h5-6,8,11,16,27H,7,9-10,12-14,17H2,1-2H3. The van der Waals surface area contributed by atoms with Crippen molar-refractivity contribution < 1.29 is 0 Å². The van der Waals surface area contributed by atoms with E-state index in [2.05, 4.69) is 33.1 Å². The highest BCUT2D eigenvalue weighted by atomic mass is 16.2. The van der Waals surface area contributed by atoms with Gasteiger partial charge in [-0.15, -0.1) is 5.92 Å². The molecular weight excluding hydrogens is 444 g/mol. The Bertz CT molecular complexity index is 1610. The molecule has 0 amide bonds. The van der Waals surface area contributed by atoms with E-state index < -0.39 is 11.2 Å². The third kappa shape index (κ3) is 3.78. The molecule has 10 nitrogen and oxygen atoms in total. The fraction of sp³-hybridized carbons (Fsp3) is 0.360. The molecule has 0 bridgehead atoms. The first-order valence-corrected chi connectivity index (χ1v) is 11.6. The number of nitrogens with one attached hydrogen (secondary N) is 1. The first-order chi connectivity index (χ1) is 17.0. The van der Waals surface area contributed by atoms with Crippen molar-refractivity contribution in [2.24, 2.45) is 7.05 Å². The Labute approximate surface area is 201 Å². The largest absolute Gasteiger partial charge is 0.355 e. The van der Waals surface area contributed by atoms with Gasteiger partial charge in [0, 0.05) is 39.1 Å². The number of imidazole rings is 1. The highest BCUT2D eigenvalue weighted by Gasteiger charge is 2.28. The Morgan fingerprint density at radius 3 is 2.77 bits per heavy atom. The lowest BCUT2D eigenvalue weighted by molar-refractivity contribution is 0.647. The van der Waals surface area contributed by atoms with Crippen LogP contribution in [-0.4, -0.2) is 49.3 Å². The van der Waals surface area contributed by atoms with Gasteiger partial charge in [-0.3, -0.25) is 13.9 Å². The molecule has 0 saturated carbocycles. The van der Waals surface area contributed by atoms with E-state index in [0.717, 1.165) is 31.7 Å². The summed E-state index contributed by atoms with van der Waals surface area (Å²) in [7, 11) is 1.61. The van der Waals surface area contributed by atoms with Gasteiger partial charge >= 0.3 is 5.69 Å². The van der Waals surface area contributed by atoms with Gasteiger partial charge in [-0.2, -0.15) is 5.26 Å². The molecule has 4 aromatic rings. The highest BCUT2D eigenvalue weighted by Crippen LogP contribution is 2.30. The number of hydrogen-bond acceptors (Lipinski definition) is 6. The molecule has 1 aliphatic rings. The zero-order valence-electron chi connectivity index (χ0n) is 19.8. The van der Waals surface area contributed by atoms with E-state index in [-0.39, 0.29) is 13.1 Å². The summed E-state index contributed by atoms with van der Waals surface area (Å²) >= 11 is 0. The molecule has 0 spiro atoms. The van der Waals surface area contributed by atoms with Crippen LogP contribution in [0.4, 0.5) is 5.82 Å². The number of fused-ring (bicyclic) bond motifs is 2. The molecule has 0 atom stereocenters. The smallest absolute Gasteiger partial charge is 0.331 e. The average molecular weight is 471 g/mol. The van der Waals surface area contributed by atoms with Crippen LogP contribution in [0.15, 0.2) is 40.2 Å². The van der Waals surface area contributed by atoms with Gasteiger partial charge in [-0.1, -0.05) is 12.0 Å². The molecule has 35 heavy (non-hydrogen) atoms. The molecule has 5 rings (SSSR count). The first kappa shape index (κ1) is 22.5. The molecule has 0 aliphatic carbocycles. The van der Waals surface area contributed by atoms with Crippen LogP contribution in [0.1, 0.15) is 24.6 Å². The topological polar surface area (TPSA) is 105 Å². The lowest BCUT2D eigenvalue weighted by Crippen LogP contribution is -2.40. The van der Waals surface area contributed by atoms with Crippen LogP contribution in [0.25, 0.3) is 16.7 Å². The van der Waals surface area contributed by atoms with Gasteiger partial charge in [0.15, 0.2) is 0 Å². The third-order valence-corrected chi connectivity index (χ3v) is 6.41.